The summed E-state index contributed by atoms with van der Waals surface area (Å²) >= 11 is 0. The van der Waals surface area contributed by atoms with Gasteiger partial charge in [0.2, 0.25) is 10.0 Å². The minimum atomic E-state index is -3.52. The molecule has 2 rings (SSSR count). The first kappa shape index (κ1) is 16.5. The lowest BCUT2D eigenvalue weighted by molar-refractivity contribution is 0.492. The van der Waals surface area contributed by atoms with Gasteiger partial charge in [0.25, 0.3) is 0 Å². The zero-order valence-corrected chi connectivity index (χ0v) is 14.4. The number of rotatable bonds is 7. The summed E-state index contributed by atoms with van der Waals surface area (Å²) in [4.78, 5) is 0.305. The summed E-state index contributed by atoms with van der Waals surface area (Å²) in [6, 6.07) is 0. The summed E-state index contributed by atoms with van der Waals surface area (Å²) in [7, 11) is -3.52. The van der Waals surface area contributed by atoms with Gasteiger partial charge in [-0.15, -0.1) is 0 Å². The molecule has 21 heavy (non-hydrogen) atoms. The fourth-order valence-corrected chi connectivity index (χ4v) is 4.25. The minimum Gasteiger partial charge on any atom is -0.465 e. The lowest BCUT2D eigenvalue weighted by Gasteiger charge is -2.10. The van der Waals surface area contributed by atoms with Crippen LogP contribution in [0.25, 0.3) is 0 Å². The molecule has 1 saturated carbocycles. The first-order valence-corrected chi connectivity index (χ1v) is 8.96. The van der Waals surface area contributed by atoms with Gasteiger partial charge < -0.3 is 9.73 Å². The van der Waals surface area contributed by atoms with Gasteiger partial charge in [-0.3, -0.25) is 0 Å². The van der Waals surface area contributed by atoms with E-state index < -0.39 is 10.0 Å². The summed E-state index contributed by atoms with van der Waals surface area (Å²) in [6.07, 6.45) is 1.07. The van der Waals surface area contributed by atoms with Gasteiger partial charge in [0.1, 0.15) is 16.4 Å². The topological polar surface area (TPSA) is 71.3 Å². The number of aryl methyl sites for hydroxylation is 2. The smallest absolute Gasteiger partial charge is 0.244 e. The van der Waals surface area contributed by atoms with Crippen molar-refractivity contribution in [2.75, 3.05) is 13.1 Å². The van der Waals surface area contributed by atoms with Crippen LogP contribution in [0.1, 0.15) is 44.3 Å². The summed E-state index contributed by atoms with van der Waals surface area (Å²) in [5.74, 6) is 1.56. The van der Waals surface area contributed by atoms with Crippen LogP contribution in [0.5, 0.6) is 0 Å². The summed E-state index contributed by atoms with van der Waals surface area (Å²) in [6.45, 7) is 11.6. The molecular formula is C15H26N2O3S. The molecule has 1 fully saturated rings. The molecule has 0 saturated heterocycles. The Morgan fingerprint density at radius 2 is 1.90 bits per heavy atom. The fourth-order valence-electron chi connectivity index (χ4n) is 2.72. The molecule has 6 heteroatoms. The Hall–Kier alpha value is -0.850. The monoisotopic (exact) mass is 314 g/mol. The Balaban J connectivity index is 2.18. The van der Waals surface area contributed by atoms with E-state index in [1.807, 2.05) is 13.8 Å². The van der Waals surface area contributed by atoms with Crippen LogP contribution in [-0.4, -0.2) is 21.5 Å². The van der Waals surface area contributed by atoms with E-state index in [9.17, 15) is 8.42 Å². The molecule has 1 heterocycles. The Kier molecular flexibility index (Phi) is 4.52. The molecule has 5 nitrogen and oxygen atoms in total. The van der Waals surface area contributed by atoms with Crippen LogP contribution in [0.2, 0.25) is 0 Å². The van der Waals surface area contributed by atoms with Crippen molar-refractivity contribution in [2.24, 2.45) is 11.3 Å². The molecule has 1 aromatic heterocycles. The van der Waals surface area contributed by atoms with Gasteiger partial charge >= 0.3 is 0 Å². The second-order valence-corrected chi connectivity index (χ2v) is 8.25. The number of sulfonamides is 1. The average Bonchev–Trinajstić information content (AvgIpc) is 2.87. The van der Waals surface area contributed by atoms with E-state index >= 15 is 0 Å². The van der Waals surface area contributed by atoms with Crippen molar-refractivity contribution in [3.8, 4) is 0 Å². The third kappa shape index (κ3) is 3.49. The first-order valence-electron chi connectivity index (χ1n) is 7.48. The molecule has 1 atom stereocenters. The van der Waals surface area contributed by atoms with Crippen LogP contribution in [0.4, 0.5) is 0 Å². The Morgan fingerprint density at radius 3 is 2.43 bits per heavy atom. The Bertz CT molecular complexity index is 617. The van der Waals surface area contributed by atoms with Crippen molar-refractivity contribution in [3.05, 3.63) is 17.1 Å². The van der Waals surface area contributed by atoms with Crippen LogP contribution in [0.15, 0.2) is 9.31 Å². The normalized spacial score (nSPS) is 20.7. The van der Waals surface area contributed by atoms with Crippen molar-refractivity contribution in [1.29, 1.82) is 0 Å². The summed E-state index contributed by atoms with van der Waals surface area (Å²) < 4.78 is 33.5. The maximum atomic E-state index is 12.6. The third-order valence-electron chi connectivity index (χ3n) is 4.38. The molecule has 0 bridgehead atoms. The molecule has 1 unspecified atom stereocenters. The largest absolute Gasteiger partial charge is 0.465 e. The van der Waals surface area contributed by atoms with E-state index in [2.05, 4.69) is 23.9 Å². The van der Waals surface area contributed by atoms with E-state index in [1.165, 1.54) is 0 Å². The van der Waals surface area contributed by atoms with E-state index in [1.54, 1.807) is 6.92 Å². The van der Waals surface area contributed by atoms with E-state index in [0.29, 0.717) is 35.4 Å². The standard InChI is InChI=1S/C15H26N2O3S/c1-6-16-9-13-10(2)20-11(3)14(13)21(18,19)17-8-12-7-15(12,4)5/h12,16-17H,6-9H2,1-5H3. The number of nitrogens with one attached hydrogen (secondary N) is 2. The number of hydrogen-bond acceptors (Lipinski definition) is 4. The van der Waals surface area contributed by atoms with Crippen LogP contribution < -0.4 is 10.0 Å². The lowest BCUT2D eigenvalue weighted by atomic mass is 10.1. The molecule has 1 aliphatic rings. The van der Waals surface area contributed by atoms with E-state index in [-0.39, 0.29) is 5.41 Å². The third-order valence-corrected chi connectivity index (χ3v) is 6.00. The predicted molar refractivity (Wildman–Crippen MR) is 82.6 cm³/mol. The zero-order valence-electron chi connectivity index (χ0n) is 13.5. The highest BCUT2D eigenvalue weighted by Crippen LogP contribution is 2.51. The van der Waals surface area contributed by atoms with Gasteiger partial charge in [-0.1, -0.05) is 20.8 Å². The second kappa shape index (κ2) is 5.74. The summed E-state index contributed by atoms with van der Waals surface area (Å²) in [5.41, 5.74) is 0.994. The number of furan rings is 1. The van der Waals surface area contributed by atoms with Crippen molar-refractivity contribution < 1.29 is 12.8 Å². The van der Waals surface area contributed by atoms with Gasteiger partial charge in [-0.25, -0.2) is 13.1 Å². The van der Waals surface area contributed by atoms with Crippen LogP contribution >= 0.6 is 0 Å². The maximum absolute atomic E-state index is 12.6. The van der Waals surface area contributed by atoms with Crippen LogP contribution in [0.3, 0.4) is 0 Å². The highest BCUT2D eigenvalue weighted by atomic mass is 32.2. The fraction of sp³-hybridized carbons (Fsp3) is 0.733. The van der Waals surface area contributed by atoms with Crippen LogP contribution in [0, 0.1) is 25.2 Å². The van der Waals surface area contributed by atoms with Crippen molar-refractivity contribution in [1.82, 2.24) is 10.0 Å². The zero-order chi connectivity index (χ0) is 15.8. The van der Waals surface area contributed by atoms with Crippen molar-refractivity contribution in [3.63, 3.8) is 0 Å². The first-order chi connectivity index (χ1) is 9.69. The minimum absolute atomic E-state index is 0.260. The molecule has 120 valence electrons. The molecule has 1 aromatic rings. The highest BCUT2D eigenvalue weighted by Gasteiger charge is 2.45. The lowest BCUT2D eigenvalue weighted by Crippen LogP contribution is -2.28. The quantitative estimate of drug-likeness (QED) is 0.810. The Morgan fingerprint density at radius 1 is 1.29 bits per heavy atom. The molecule has 0 aromatic carbocycles. The molecule has 0 amide bonds. The Labute approximate surface area is 127 Å². The maximum Gasteiger partial charge on any atom is 0.244 e. The van der Waals surface area contributed by atoms with Crippen molar-refractivity contribution in [2.45, 2.75) is 52.5 Å². The number of hydrogen-bond donors (Lipinski definition) is 2. The highest BCUT2D eigenvalue weighted by molar-refractivity contribution is 7.89. The van der Waals surface area contributed by atoms with Gasteiger partial charge in [0.15, 0.2) is 0 Å². The molecule has 0 spiro atoms. The van der Waals surface area contributed by atoms with E-state index in [0.717, 1.165) is 18.5 Å². The average molecular weight is 314 g/mol. The van der Waals surface area contributed by atoms with Gasteiger partial charge in [-0.05, 0) is 38.1 Å². The predicted octanol–water partition coefficient (Wildman–Crippen LogP) is 2.33. The van der Waals surface area contributed by atoms with Gasteiger partial charge in [-0.2, -0.15) is 0 Å². The SMILES string of the molecule is CCNCc1c(C)oc(C)c1S(=O)(=O)NCC1CC1(C)C. The molecular weight excluding hydrogens is 288 g/mol. The van der Waals surface area contributed by atoms with Crippen LogP contribution in [-0.2, 0) is 16.6 Å². The van der Waals surface area contributed by atoms with Gasteiger partial charge in [0.05, 0.1) is 0 Å². The second-order valence-electron chi connectivity index (χ2n) is 6.54. The summed E-state index contributed by atoms with van der Waals surface area (Å²) in [5, 5.41) is 3.17. The molecule has 0 radical (unpaired) electrons. The molecule has 0 aliphatic heterocycles. The molecule has 1 aliphatic carbocycles. The van der Waals surface area contributed by atoms with Crippen molar-refractivity contribution >= 4 is 10.0 Å². The van der Waals surface area contributed by atoms with E-state index in [4.69, 9.17) is 4.42 Å². The van der Waals surface area contributed by atoms with Gasteiger partial charge in [0, 0.05) is 18.7 Å². The molecule has 2 N–H and O–H groups in total.